The predicted molar refractivity (Wildman–Crippen MR) is 162 cm³/mol. The first kappa shape index (κ1) is 29.2. The molecular formula is C36H38O6. The molecule has 5 rings (SSSR count). The van der Waals surface area contributed by atoms with Crippen LogP contribution in [0.1, 0.15) is 77.7 Å². The number of fused-ring (bicyclic) bond motifs is 1. The summed E-state index contributed by atoms with van der Waals surface area (Å²) in [7, 11) is 0. The van der Waals surface area contributed by atoms with Gasteiger partial charge in [0.15, 0.2) is 17.6 Å². The highest BCUT2D eigenvalue weighted by molar-refractivity contribution is 5.96. The molecule has 0 saturated heterocycles. The summed E-state index contributed by atoms with van der Waals surface area (Å²) in [6.07, 6.45) is 2.83. The smallest absolute Gasteiger partial charge is 0.339 e. The summed E-state index contributed by atoms with van der Waals surface area (Å²) in [6, 6.07) is 31.1. The Morgan fingerprint density at radius 3 is 1.79 bits per heavy atom. The van der Waals surface area contributed by atoms with Crippen molar-refractivity contribution in [2.75, 3.05) is 0 Å². The SMILES string of the molecule is CCCCCC[C@@H](O)[C@@H]1OC(=O)c2cc(OCc3ccccc3)c(OCc3ccccc3)c(OCc3ccccc3)c21. The molecule has 0 radical (unpaired) electrons. The van der Waals surface area contributed by atoms with Crippen LogP contribution in [-0.4, -0.2) is 17.2 Å². The van der Waals surface area contributed by atoms with Crippen molar-refractivity contribution in [1.29, 1.82) is 0 Å². The van der Waals surface area contributed by atoms with Crippen LogP contribution in [0.4, 0.5) is 0 Å². The van der Waals surface area contributed by atoms with Gasteiger partial charge < -0.3 is 24.1 Å². The largest absolute Gasteiger partial charge is 0.485 e. The highest BCUT2D eigenvalue weighted by Crippen LogP contribution is 2.50. The number of hydrogen-bond donors (Lipinski definition) is 1. The first-order chi connectivity index (χ1) is 20.6. The number of hydrogen-bond acceptors (Lipinski definition) is 6. The van der Waals surface area contributed by atoms with Crippen molar-refractivity contribution in [2.45, 2.75) is 71.1 Å². The number of esters is 1. The van der Waals surface area contributed by atoms with Crippen LogP contribution in [0.3, 0.4) is 0 Å². The second-order valence-electron chi connectivity index (χ2n) is 10.6. The van der Waals surface area contributed by atoms with Crippen molar-refractivity contribution in [3.63, 3.8) is 0 Å². The summed E-state index contributed by atoms with van der Waals surface area (Å²) < 4.78 is 25.0. The van der Waals surface area contributed by atoms with Crippen LogP contribution in [0, 0.1) is 0 Å². The molecule has 1 aliphatic rings. The number of aliphatic hydroxyl groups excluding tert-OH is 1. The molecule has 1 heterocycles. The standard InChI is InChI=1S/C36H38O6/c1-2-3-4-14-21-30(37)33-32-29(36(38)42-33)22-31(39-23-26-15-8-5-9-16-26)34(40-24-27-17-10-6-11-18-27)35(32)41-25-28-19-12-7-13-20-28/h5-13,15-20,22,30,33,37H,2-4,14,21,23-25H2,1H3/t30-,33+/m1/s1. The third-order valence-electron chi connectivity index (χ3n) is 7.37. The third-order valence-corrected chi connectivity index (χ3v) is 7.37. The molecule has 42 heavy (non-hydrogen) atoms. The number of carbonyl (C=O) groups excluding carboxylic acids is 1. The van der Waals surface area contributed by atoms with Gasteiger partial charge in [0.2, 0.25) is 5.75 Å². The minimum absolute atomic E-state index is 0.241. The molecule has 6 heteroatoms. The highest BCUT2D eigenvalue weighted by atomic mass is 16.6. The average Bonchev–Trinajstić information content (AvgIpc) is 3.37. The van der Waals surface area contributed by atoms with Crippen LogP contribution in [0.5, 0.6) is 17.2 Å². The lowest BCUT2D eigenvalue weighted by molar-refractivity contribution is -0.0137. The molecule has 0 amide bonds. The predicted octanol–water partition coefficient (Wildman–Crippen LogP) is 7.97. The van der Waals surface area contributed by atoms with Crippen LogP contribution in [0.25, 0.3) is 0 Å². The van der Waals surface area contributed by atoms with E-state index < -0.39 is 18.2 Å². The van der Waals surface area contributed by atoms with Gasteiger partial charge in [-0.25, -0.2) is 4.79 Å². The van der Waals surface area contributed by atoms with Gasteiger partial charge in [-0.3, -0.25) is 0 Å². The van der Waals surface area contributed by atoms with Gasteiger partial charge in [-0.1, -0.05) is 124 Å². The Labute approximate surface area is 247 Å². The molecule has 0 unspecified atom stereocenters. The molecule has 0 spiro atoms. The average molecular weight is 567 g/mol. The lowest BCUT2D eigenvalue weighted by Gasteiger charge is -2.23. The first-order valence-corrected chi connectivity index (χ1v) is 14.7. The van der Waals surface area contributed by atoms with Crippen LogP contribution < -0.4 is 14.2 Å². The second kappa shape index (κ2) is 14.6. The number of aliphatic hydroxyl groups is 1. The Kier molecular flexibility index (Phi) is 10.1. The Bertz CT molecular complexity index is 1420. The molecule has 0 fully saturated rings. The van der Waals surface area contributed by atoms with Gasteiger partial charge in [-0.2, -0.15) is 0 Å². The van der Waals surface area contributed by atoms with E-state index in [1.54, 1.807) is 6.07 Å². The summed E-state index contributed by atoms with van der Waals surface area (Å²) >= 11 is 0. The molecule has 1 N–H and O–H groups in total. The Balaban J connectivity index is 1.54. The molecule has 0 saturated carbocycles. The molecule has 6 nitrogen and oxygen atoms in total. The Morgan fingerprint density at radius 1 is 0.714 bits per heavy atom. The molecule has 2 atom stereocenters. The fraction of sp³-hybridized carbons (Fsp3) is 0.306. The highest BCUT2D eigenvalue weighted by Gasteiger charge is 2.41. The molecule has 218 valence electrons. The fourth-order valence-electron chi connectivity index (χ4n) is 5.10. The maximum atomic E-state index is 13.2. The topological polar surface area (TPSA) is 74.2 Å². The maximum absolute atomic E-state index is 13.2. The summed E-state index contributed by atoms with van der Waals surface area (Å²) in [5, 5.41) is 11.2. The van der Waals surface area contributed by atoms with Crippen molar-refractivity contribution in [3.05, 3.63) is 125 Å². The van der Waals surface area contributed by atoms with E-state index in [2.05, 4.69) is 6.92 Å². The number of unbranched alkanes of at least 4 members (excludes halogenated alkanes) is 3. The van der Waals surface area contributed by atoms with Crippen molar-refractivity contribution >= 4 is 5.97 Å². The summed E-state index contributed by atoms with van der Waals surface area (Å²) in [6.45, 7) is 2.93. The molecule has 4 aromatic carbocycles. The molecule has 0 aliphatic carbocycles. The van der Waals surface area contributed by atoms with Crippen LogP contribution in [-0.2, 0) is 24.6 Å². The molecule has 0 aromatic heterocycles. The number of rotatable bonds is 15. The van der Waals surface area contributed by atoms with Crippen LogP contribution in [0.2, 0.25) is 0 Å². The summed E-state index contributed by atoms with van der Waals surface area (Å²) in [4.78, 5) is 13.2. The second-order valence-corrected chi connectivity index (χ2v) is 10.6. The zero-order chi connectivity index (χ0) is 29.1. The molecule has 0 bridgehead atoms. The minimum Gasteiger partial charge on any atom is -0.485 e. The van der Waals surface area contributed by atoms with Crippen LogP contribution >= 0.6 is 0 Å². The first-order valence-electron chi connectivity index (χ1n) is 14.7. The van der Waals surface area contributed by atoms with E-state index in [0.717, 1.165) is 42.4 Å². The normalized spacial score (nSPS) is 14.6. The van der Waals surface area contributed by atoms with Gasteiger partial charge in [0.05, 0.1) is 17.2 Å². The van der Waals surface area contributed by atoms with Gasteiger partial charge in [-0.05, 0) is 29.2 Å². The summed E-state index contributed by atoms with van der Waals surface area (Å²) in [5.74, 6) is 0.614. The Morgan fingerprint density at radius 2 is 1.24 bits per heavy atom. The fourth-order valence-corrected chi connectivity index (χ4v) is 5.10. The lowest BCUT2D eigenvalue weighted by Crippen LogP contribution is -2.19. The van der Waals surface area contributed by atoms with Gasteiger partial charge in [0.25, 0.3) is 0 Å². The van der Waals surface area contributed by atoms with Crippen molar-refractivity contribution in [3.8, 4) is 17.2 Å². The van der Waals surface area contributed by atoms with Gasteiger partial charge in [0, 0.05) is 0 Å². The quantitative estimate of drug-likeness (QED) is 0.116. The van der Waals surface area contributed by atoms with Crippen LogP contribution in [0.15, 0.2) is 97.1 Å². The van der Waals surface area contributed by atoms with E-state index in [4.69, 9.17) is 18.9 Å². The van der Waals surface area contributed by atoms with Gasteiger partial charge >= 0.3 is 5.97 Å². The molecule has 1 aliphatic heterocycles. The summed E-state index contributed by atoms with van der Waals surface area (Å²) in [5.41, 5.74) is 3.74. The maximum Gasteiger partial charge on any atom is 0.339 e. The van der Waals surface area contributed by atoms with E-state index in [9.17, 15) is 9.90 Å². The zero-order valence-electron chi connectivity index (χ0n) is 24.0. The van der Waals surface area contributed by atoms with E-state index >= 15 is 0 Å². The van der Waals surface area contributed by atoms with E-state index in [-0.39, 0.29) is 19.8 Å². The Hall–Kier alpha value is -4.29. The zero-order valence-corrected chi connectivity index (χ0v) is 24.0. The van der Waals surface area contributed by atoms with Crippen molar-refractivity contribution in [1.82, 2.24) is 0 Å². The van der Waals surface area contributed by atoms with Crippen molar-refractivity contribution < 1.29 is 28.8 Å². The van der Waals surface area contributed by atoms with Gasteiger partial charge in [0.1, 0.15) is 19.8 Å². The van der Waals surface area contributed by atoms with Gasteiger partial charge in [-0.15, -0.1) is 0 Å². The molecular weight excluding hydrogens is 528 g/mol. The number of carbonyl (C=O) groups is 1. The third kappa shape index (κ3) is 7.31. The van der Waals surface area contributed by atoms with E-state index in [1.165, 1.54) is 0 Å². The number of ether oxygens (including phenoxy) is 4. The van der Waals surface area contributed by atoms with E-state index in [0.29, 0.717) is 34.8 Å². The van der Waals surface area contributed by atoms with E-state index in [1.807, 2.05) is 91.0 Å². The monoisotopic (exact) mass is 566 g/mol. The lowest BCUT2D eigenvalue weighted by atomic mass is 9.96. The van der Waals surface area contributed by atoms with Crippen molar-refractivity contribution in [2.24, 2.45) is 0 Å². The number of benzene rings is 4. The molecule has 4 aromatic rings. The minimum atomic E-state index is -0.871. The number of cyclic esters (lactones) is 1.